The lowest BCUT2D eigenvalue weighted by Gasteiger charge is -2.05. The van der Waals surface area contributed by atoms with Crippen LogP contribution in [0.25, 0.3) is 0 Å². The van der Waals surface area contributed by atoms with E-state index in [9.17, 15) is 10.1 Å². The average Bonchev–Trinajstić information content (AvgIpc) is 2.40. The van der Waals surface area contributed by atoms with Crippen molar-refractivity contribution < 1.29 is 4.92 Å². The number of rotatable bonds is 4. The summed E-state index contributed by atoms with van der Waals surface area (Å²) in [5.74, 6) is 0.803. The Kier molecular flexibility index (Phi) is 4.24. The third kappa shape index (κ3) is 3.36. The van der Waals surface area contributed by atoms with Crippen molar-refractivity contribution in [2.45, 2.75) is 10.6 Å². The zero-order chi connectivity index (χ0) is 13.8. The van der Waals surface area contributed by atoms with Crippen LogP contribution in [-0.2, 0) is 5.75 Å². The number of nitro benzene ring substituents is 1. The second kappa shape index (κ2) is 5.90. The summed E-state index contributed by atoms with van der Waals surface area (Å²) in [4.78, 5) is 15.2. The van der Waals surface area contributed by atoms with Gasteiger partial charge in [-0.1, -0.05) is 23.7 Å². The minimum absolute atomic E-state index is 0.0764. The van der Waals surface area contributed by atoms with Crippen LogP contribution in [0.15, 0.2) is 41.3 Å². The van der Waals surface area contributed by atoms with Crippen LogP contribution in [0.1, 0.15) is 5.69 Å². The number of nitrogens with zero attached hydrogens (tertiary/aromatic N) is 2. The van der Waals surface area contributed by atoms with Gasteiger partial charge in [0.15, 0.2) is 0 Å². The molecule has 0 saturated heterocycles. The van der Waals surface area contributed by atoms with Crippen LogP contribution in [0, 0.1) is 10.1 Å². The molecule has 2 N–H and O–H groups in total. The highest BCUT2D eigenvalue weighted by Gasteiger charge is 2.13. The van der Waals surface area contributed by atoms with Gasteiger partial charge >= 0.3 is 0 Å². The molecule has 98 valence electrons. The molecule has 0 fully saturated rings. The molecule has 0 aliphatic carbocycles. The highest BCUT2D eigenvalue weighted by atomic mass is 35.5. The molecular weight excluding hydrogens is 286 g/mol. The Bertz CT molecular complexity index is 622. The second-order valence-electron chi connectivity index (χ2n) is 3.68. The normalized spacial score (nSPS) is 10.4. The van der Waals surface area contributed by atoms with Crippen LogP contribution in [0.2, 0.25) is 5.02 Å². The maximum absolute atomic E-state index is 10.9. The first kappa shape index (κ1) is 13.6. The van der Waals surface area contributed by atoms with E-state index in [0.717, 1.165) is 0 Å². The van der Waals surface area contributed by atoms with Crippen LogP contribution in [-0.4, -0.2) is 9.91 Å². The van der Waals surface area contributed by atoms with Gasteiger partial charge in [-0.25, -0.2) is 4.98 Å². The first-order chi connectivity index (χ1) is 9.08. The molecule has 7 heteroatoms. The van der Waals surface area contributed by atoms with Crippen molar-refractivity contribution in [2.24, 2.45) is 0 Å². The molecule has 2 aromatic rings. The number of nitrogen functional groups attached to an aromatic ring is 1. The summed E-state index contributed by atoms with van der Waals surface area (Å²) in [7, 11) is 0. The minimum Gasteiger partial charge on any atom is -0.384 e. The molecule has 0 radical (unpaired) electrons. The third-order valence-electron chi connectivity index (χ3n) is 2.37. The van der Waals surface area contributed by atoms with Crippen molar-refractivity contribution in [3.05, 3.63) is 57.2 Å². The molecule has 0 unspecified atom stereocenters. The number of hydrogen-bond donors (Lipinski definition) is 1. The molecule has 0 bridgehead atoms. The summed E-state index contributed by atoms with van der Waals surface area (Å²) in [6, 6.07) is 9.83. The van der Waals surface area contributed by atoms with E-state index in [0.29, 0.717) is 27.2 Å². The van der Waals surface area contributed by atoms with E-state index < -0.39 is 4.92 Å². The highest BCUT2D eigenvalue weighted by molar-refractivity contribution is 7.98. The number of halogens is 1. The van der Waals surface area contributed by atoms with Gasteiger partial charge in [0, 0.05) is 11.8 Å². The molecule has 1 aromatic carbocycles. The van der Waals surface area contributed by atoms with Crippen molar-refractivity contribution in [2.75, 3.05) is 5.73 Å². The van der Waals surface area contributed by atoms with Crippen molar-refractivity contribution in [1.29, 1.82) is 0 Å². The minimum atomic E-state index is -0.406. The molecule has 0 atom stereocenters. The molecule has 5 nitrogen and oxygen atoms in total. The maximum atomic E-state index is 10.9. The number of nitrogens with two attached hydrogens (primary N) is 1. The molecule has 2 rings (SSSR count). The summed E-state index contributed by atoms with van der Waals surface area (Å²) in [5.41, 5.74) is 6.28. The van der Waals surface area contributed by atoms with Gasteiger partial charge in [-0.3, -0.25) is 10.1 Å². The Labute approximate surface area is 118 Å². The predicted octanol–water partition coefficient (Wildman–Crippen LogP) is 3.52. The Morgan fingerprint density at radius 1 is 1.32 bits per heavy atom. The zero-order valence-electron chi connectivity index (χ0n) is 9.75. The third-order valence-corrected chi connectivity index (χ3v) is 3.78. The van der Waals surface area contributed by atoms with E-state index in [1.807, 2.05) is 0 Å². The zero-order valence-corrected chi connectivity index (χ0v) is 11.3. The largest absolute Gasteiger partial charge is 0.384 e. The molecule has 0 saturated carbocycles. The Hall–Kier alpha value is -1.79. The van der Waals surface area contributed by atoms with Crippen molar-refractivity contribution in [3.63, 3.8) is 0 Å². The smallest absolute Gasteiger partial charge is 0.282 e. The lowest BCUT2D eigenvalue weighted by molar-refractivity contribution is -0.387. The maximum Gasteiger partial charge on any atom is 0.282 e. The van der Waals surface area contributed by atoms with E-state index in [1.54, 1.807) is 30.3 Å². The molecule has 0 spiro atoms. The van der Waals surface area contributed by atoms with Gasteiger partial charge in [0.05, 0.1) is 20.5 Å². The number of nitro groups is 1. The molecule has 0 amide bonds. The lowest BCUT2D eigenvalue weighted by Crippen LogP contribution is -1.96. The van der Waals surface area contributed by atoms with Crippen LogP contribution in [0.3, 0.4) is 0 Å². The Morgan fingerprint density at radius 2 is 2.05 bits per heavy atom. The number of pyridine rings is 1. The van der Waals surface area contributed by atoms with E-state index in [4.69, 9.17) is 17.3 Å². The fourth-order valence-electron chi connectivity index (χ4n) is 1.48. The van der Waals surface area contributed by atoms with E-state index >= 15 is 0 Å². The van der Waals surface area contributed by atoms with Crippen molar-refractivity contribution in [1.82, 2.24) is 4.98 Å². The molecule has 19 heavy (non-hydrogen) atoms. The number of benzene rings is 1. The summed E-state index contributed by atoms with van der Waals surface area (Å²) in [6.07, 6.45) is 0. The molecule has 0 aliphatic heterocycles. The number of aromatic nitrogens is 1. The van der Waals surface area contributed by atoms with Gasteiger partial charge < -0.3 is 5.73 Å². The number of hydrogen-bond acceptors (Lipinski definition) is 5. The monoisotopic (exact) mass is 295 g/mol. The average molecular weight is 296 g/mol. The molecular formula is C12H10ClN3O2S. The summed E-state index contributed by atoms with van der Waals surface area (Å²) >= 11 is 7.31. The summed E-state index contributed by atoms with van der Waals surface area (Å²) in [5, 5.41) is 11.4. The summed E-state index contributed by atoms with van der Waals surface area (Å²) < 4.78 is 0. The van der Waals surface area contributed by atoms with Gasteiger partial charge in [0.1, 0.15) is 5.82 Å². The fraction of sp³-hybridized carbons (Fsp3) is 0.0833. The van der Waals surface area contributed by atoms with Crippen molar-refractivity contribution in [3.8, 4) is 0 Å². The molecule has 0 aliphatic rings. The second-order valence-corrected chi connectivity index (χ2v) is 5.10. The first-order valence-electron chi connectivity index (χ1n) is 5.35. The van der Waals surface area contributed by atoms with Crippen LogP contribution < -0.4 is 5.73 Å². The SMILES string of the molecule is Nc1ccc(Cl)c(CSc2ccccc2[N+](=O)[O-])n1. The van der Waals surface area contributed by atoms with Crippen LogP contribution in [0.5, 0.6) is 0 Å². The van der Waals surface area contributed by atoms with E-state index in [-0.39, 0.29) is 5.69 Å². The van der Waals surface area contributed by atoms with Crippen molar-refractivity contribution >= 4 is 34.9 Å². The van der Waals surface area contributed by atoms with Crippen LogP contribution >= 0.6 is 23.4 Å². The molecule has 1 heterocycles. The van der Waals surface area contributed by atoms with Gasteiger partial charge in [-0.05, 0) is 18.2 Å². The number of thioether (sulfide) groups is 1. The quantitative estimate of drug-likeness (QED) is 0.530. The summed E-state index contributed by atoms with van der Waals surface area (Å²) in [6.45, 7) is 0. The topological polar surface area (TPSA) is 82.0 Å². The Balaban J connectivity index is 2.19. The van der Waals surface area contributed by atoms with Gasteiger partial charge in [-0.15, -0.1) is 11.8 Å². The number of anilines is 1. The number of para-hydroxylation sites is 1. The Morgan fingerprint density at radius 3 is 2.79 bits per heavy atom. The van der Waals surface area contributed by atoms with E-state index in [1.165, 1.54) is 17.8 Å². The standard InChI is InChI=1S/C12H10ClN3O2S/c13-8-5-6-12(14)15-9(8)7-19-11-4-2-1-3-10(11)16(17)18/h1-6H,7H2,(H2,14,15). The molecule has 1 aromatic heterocycles. The van der Waals surface area contributed by atoms with Gasteiger partial charge in [-0.2, -0.15) is 0 Å². The highest BCUT2D eigenvalue weighted by Crippen LogP contribution is 2.32. The first-order valence-corrected chi connectivity index (χ1v) is 6.71. The van der Waals surface area contributed by atoms with Gasteiger partial charge in [0.2, 0.25) is 0 Å². The van der Waals surface area contributed by atoms with Gasteiger partial charge in [0.25, 0.3) is 5.69 Å². The lowest BCUT2D eigenvalue weighted by atomic mass is 10.3. The van der Waals surface area contributed by atoms with E-state index in [2.05, 4.69) is 4.98 Å². The predicted molar refractivity (Wildman–Crippen MR) is 76.3 cm³/mol. The van der Waals surface area contributed by atoms with Crippen LogP contribution in [0.4, 0.5) is 11.5 Å². The fourth-order valence-corrected chi connectivity index (χ4v) is 2.71.